The molecule has 1 aliphatic heterocycles. The molecule has 7 nitrogen and oxygen atoms in total. The summed E-state index contributed by atoms with van der Waals surface area (Å²) in [6.45, 7) is 5.39. The number of carbonyl (C=O) groups is 1. The van der Waals surface area contributed by atoms with Gasteiger partial charge in [-0.1, -0.05) is 24.3 Å². The van der Waals surface area contributed by atoms with Gasteiger partial charge in [-0.15, -0.1) is 0 Å². The molecule has 132 valence electrons. The van der Waals surface area contributed by atoms with Crippen molar-refractivity contribution in [3.05, 3.63) is 68.5 Å². The number of benzene rings is 1. The zero-order valence-electron chi connectivity index (χ0n) is 14.3. The summed E-state index contributed by atoms with van der Waals surface area (Å²) >= 11 is 0. The minimum Gasteiger partial charge on any atom is -0.462 e. The zero-order valence-corrected chi connectivity index (χ0v) is 14.3. The second-order valence-electron chi connectivity index (χ2n) is 6.97. The van der Waals surface area contributed by atoms with E-state index in [1.165, 1.54) is 16.8 Å². The van der Waals surface area contributed by atoms with E-state index in [-0.39, 0.29) is 12.6 Å². The highest BCUT2D eigenvalue weighted by Gasteiger charge is 2.35. The maximum atomic E-state index is 12.1. The number of aromatic nitrogens is 2. The molecule has 0 aliphatic carbocycles. The lowest BCUT2D eigenvalue weighted by molar-refractivity contribution is -0.158. The first-order valence-electron chi connectivity index (χ1n) is 8.00. The van der Waals surface area contributed by atoms with Crippen LogP contribution in [0.15, 0.2) is 46.1 Å². The molecule has 0 saturated heterocycles. The molecule has 0 amide bonds. The van der Waals surface area contributed by atoms with E-state index in [4.69, 9.17) is 9.47 Å². The van der Waals surface area contributed by atoms with E-state index in [0.717, 1.165) is 11.1 Å². The van der Waals surface area contributed by atoms with E-state index in [2.05, 4.69) is 4.98 Å². The quantitative estimate of drug-likeness (QED) is 0.857. The first-order valence-corrected chi connectivity index (χ1v) is 8.00. The van der Waals surface area contributed by atoms with Crippen molar-refractivity contribution in [2.45, 2.75) is 33.1 Å². The Morgan fingerprint density at radius 2 is 1.88 bits per heavy atom. The number of hydrogen-bond acceptors (Lipinski definition) is 5. The van der Waals surface area contributed by atoms with Crippen molar-refractivity contribution in [1.29, 1.82) is 0 Å². The predicted molar refractivity (Wildman–Crippen MR) is 90.1 cm³/mol. The molecule has 0 saturated carbocycles. The van der Waals surface area contributed by atoms with Crippen molar-refractivity contribution in [3.63, 3.8) is 0 Å². The molecule has 3 rings (SSSR count). The summed E-state index contributed by atoms with van der Waals surface area (Å²) in [6.07, 6.45) is 0.233. The van der Waals surface area contributed by atoms with Crippen LogP contribution in [0.1, 0.15) is 44.2 Å². The average Bonchev–Trinajstić information content (AvgIpc) is 2.90. The number of aromatic amines is 1. The standard InChI is InChI=1S/C18H20N2O5/c1-18(2,3)16(22)24-10-13-11-6-4-5-7-12(11)15(25-13)20-9-8-14(21)19-17(20)23/h4-9,13,15H,10H2,1-3H3,(H,19,21,23)/t13-,15-/m1/s1. The van der Waals surface area contributed by atoms with Crippen LogP contribution in [0.5, 0.6) is 0 Å². The molecule has 2 aromatic rings. The lowest BCUT2D eigenvalue weighted by Gasteiger charge is -2.20. The molecule has 1 N–H and O–H groups in total. The second-order valence-corrected chi connectivity index (χ2v) is 6.97. The first-order chi connectivity index (χ1) is 11.8. The van der Waals surface area contributed by atoms with E-state index in [1.54, 1.807) is 20.8 Å². The highest BCUT2D eigenvalue weighted by molar-refractivity contribution is 5.75. The van der Waals surface area contributed by atoms with Gasteiger partial charge in [0.15, 0.2) is 6.23 Å². The smallest absolute Gasteiger partial charge is 0.330 e. The van der Waals surface area contributed by atoms with Gasteiger partial charge >= 0.3 is 11.7 Å². The van der Waals surface area contributed by atoms with Gasteiger partial charge in [-0.05, 0) is 26.3 Å². The number of H-pyrrole nitrogens is 1. The van der Waals surface area contributed by atoms with Crippen molar-refractivity contribution >= 4 is 5.97 Å². The van der Waals surface area contributed by atoms with E-state index in [9.17, 15) is 14.4 Å². The Bertz CT molecular complexity index is 906. The van der Waals surface area contributed by atoms with Crippen LogP contribution >= 0.6 is 0 Å². The summed E-state index contributed by atoms with van der Waals surface area (Å²) in [7, 11) is 0. The van der Waals surface area contributed by atoms with Crippen molar-refractivity contribution in [2.24, 2.45) is 5.41 Å². The van der Waals surface area contributed by atoms with Gasteiger partial charge in [0.05, 0.1) is 5.41 Å². The second kappa shape index (κ2) is 6.33. The number of esters is 1. The summed E-state index contributed by atoms with van der Waals surface area (Å²) in [6, 6.07) is 8.69. The highest BCUT2D eigenvalue weighted by atomic mass is 16.6. The Balaban J connectivity index is 1.88. The molecular formula is C18H20N2O5. The number of ether oxygens (including phenoxy) is 2. The minimum atomic E-state index is -0.682. The molecular weight excluding hydrogens is 324 g/mol. The minimum absolute atomic E-state index is 0.0573. The van der Waals surface area contributed by atoms with Crippen LogP contribution in [0.2, 0.25) is 0 Å². The van der Waals surface area contributed by atoms with Gasteiger partial charge in [-0.25, -0.2) is 4.79 Å². The molecule has 1 aliphatic rings. The van der Waals surface area contributed by atoms with Crippen molar-refractivity contribution in [3.8, 4) is 0 Å². The predicted octanol–water partition coefficient (Wildman–Crippen LogP) is 1.74. The normalized spacial score (nSPS) is 19.5. The van der Waals surface area contributed by atoms with E-state index < -0.39 is 29.0 Å². The Kier molecular flexibility index (Phi) is 4.34. The molecule has 2 heterocycles. The SMILES string of the molecule is CC(C)(C)C(=O)OC[C@H]1O[C@@H](n2ccc(=O)[nH]c2=O)c2ccccc21. The maximum absolute atomic E-state index is 12.1. The van der Waals surface area contributed by atoms with Gasteiger partial charge in [0.25, 0.3) is 5.56 Å². The van der Waals surface area contributed by atoms with E-state index in [0.29, 0.717) is 0 Å². The van der Waals surface area contributed by atoms with Crippen LogP contribution in [0, 0.1) is 5.41 Å². The molecule has 25 heavy (non-hydrogen) atoms. The number of fused-ring (bicyclic) bond motifs is 1. The number of nitrogens with one attached hydrogen (secondary N) is 1. The van der Waals surface area contributed by atoms with Crippen LogP contribution < -0.4 is 11.2 Å². The summed E-state index contributed by atoms with van der Waals surface area (Å²) in [4.78, 5) is 37.6. The van der Waals surface area contributed by atoms with Crippen molar-refractivity contribution in [1.82, 2.24) is 9.55 Å². The van der Waals surface area contributed by atoms with Crippen molar-refractivity contribution in [2.75, 3.05) is 6.61 Å². The third kappa shape index (κ3) is 3.41. The van der Waals surface area contributed by atoms with Crippen LogP contribution in [-0.2, 0) is 14.3 Å². The molecule has 1 aromatic heterocycles. The third-order valence-electron chi connectivity index (χ3n) is 3.98. The molecule has 0 spiro atoms. The Hall–Kier alpha value is -2.67. The van der Waals surface area contributed by atoms with Crippen molar-refractivity contribution < 1.29 is 14.3 Å². The molecule has 0 bridgehead atoms. The fourth-order valence-electron chi connectivity index (χ4n) is 2.66. The lowest BCUT2D eigenvalue weighted by Crippen LogP contribution is -2.32. The molecule has 1 aromatic carbocycles. The van der Waals surface area contributed by atoms with E-state index >= 15 is 0 Å². The van der Waals surface area contributed by atoms with Crippen LogP contribution in [-0.4, -0.2) is 22.1 Å². The summed E-state index contributed by atoms with van der Waals surface area (Å²) in [5.41, 5.74) is 0.0245. The first kappa shape index (κ1) is 17.2. The van der Waals surface area contributed by atoms with Crippen LogP contribution in [0.3, 0.4) is 0 Å². The molecule has 0 radical (unpaired) electrons. The third-order valence-corrected chi connectivity index (χ3v) is 3.98. The molecule has 7 heteroatoms. The van der Waals surface area contributed by atoms with Crippen LogP contribution in [0.4, 0.5) is 0 Å². The van der Waals surface area contributed by atoms with Gasteiger partial charge in [-0.3, -0.25) is 19.1 Å². The fraction of sp³-hybridized carbons (Fsp3) is 0.389. The summed E-state index contributed by atoms with van der Waals surface area (Å²) < 4.78 is 12.6. The number of rotatable bonds is 3. The van der Waals surface area contributed by atoms with E-state index in [1.807, 2.05) is 24.3 Å². The number of nitrogens with zero attached hydrogens (tertiary/aromatic N) is 1. The lowest BCUT2D eigenvalue weighted by atomic mass is 9.97. The Morgan fingerprint density at radius 3 is 2.52 bits per heavy atom. The average molecular weight is 344 g/mol. The van der Waals surface area contributed by atoms with Gasteiger partial charge in [0.1, 0.15) is 12.7 Å². The summed E-state index contributed by atoms with van der Waals surface area (Å²) in [5.74, 6) is -0.321. The van der Waals surface area contributed by atoms with Gasteiger partial charge in [0, 0.05) is 17.8 Å². The summed E-state index contributed by atoms with van der Waals surface area (Å²) in [5, 5.41) is 0. The Morgan fingerprint density at radius 1 is 1.20 bits per heavy atom. The topological polar surface area (TPSA) is 90.4 Å². The zero-order chi connectivity index (χ0) is 18.2. The molecule has 0 fully saturated rings. The monoisotopic (exact) mass is 344 g/mol. The molecule has 2 atom stereocenters. The van der Waals surface area contributed by atoms with Gasteiger partial charge < -0.3 is 9.47 Å². The largest absolute Gasteiger partial charge is 0.462 e. The van der Waals surface area contributed by atoms with Gasteiger partial charge in [0.2, 0.25) is 0 Å². The number of hydrogen-bond donors (Lipinski definition) is 1. The highest BCUT2D eigenvalue weighted by Crippen LogP contribution is 2.39. The van der Waals surface area contributed by atoms with Gasteiger partial charge in [-0.2, -0.15) is 0 Å². The van der Waals surface area contributed by atoms with Crippen LogP contribution in [0.25, 0.3) is 0 Å². The maximum Gasteiger partial charge on any atom is 0.330 e. The fourth-order valence-corrected chi connectivity index (χ4v) is 2.66. The molecule has 0 unspecified atom stereocenters. The number of carbonyl (C=O) groups excluding carboxylic acids is 1. The Labute approximate surface area is 144 Å².